The zero-order valence-electron chi connectivity index (χ0n) is 20.6. The fourth-order valence-electron chi connectivity index (χ4n) is 4.77. The number of hydrogen-bond acceptors (Lipinski definition) is 6. The molecule has 3 heterocycles. The van der Waals surface area contributed by atoms with Crippen molar-refractivity contribution in [2.45, 2.75) is 18.9 Å². The van der Waals surface area contributed by atoms with Gasteiger partial charge >= 0.3 is 0 Å². The smallest absolute Gasteiger partial charge is 0.254 e. The van der Waals surface area contributed by atoms with Crippen molar-refractivity contribution in [3.63, 3.8) is 0 Å². The molecule has 0 unspecified atom stereocenters. The van der Waals surface area contributed by atoms with Crippen LogP contribution in [0.25, 0.3) is 11.3 Å². The lowest BCUT2D eigenvalue weighted by Gasteiger charge is -2.36. The van der Waals surface area contributed by atoms with Gasteiger partial charge < -0.3 is 19.4 Å². The van der Waals surface area contributed by atoms with Crippen molar-refractivity contribution >= 4 is 29.2 Å². The van der Waals surface area contributed by atoms with Gasteiger partial charge in [-0.05, 0) is 43.2 Å². The van der Waals surface area contributed by atoms with E-state index in [0.29, 0.717) is 49.9 Å². The maximum Gasteiger partial charge on any atom is 0.254 e. The molecule has 0 aliphatic carbocycles. The minimum Gasteiger partial charge on any atom is -0.376 e. The summed E-state index contributed by atoms with van der Waals surface area (Å²) in [5.74, 6) is 0.571. The Hall–Kier alpha value is -3.49. The van der Waals surface area contributed by atoms with Crippen LogP contribution in [-0.2, 0) is 9.53 Å². The van der Waals surface area contributed by atoms with Gasteiger partial charge in [0.25, 0.3) is 5.91 Å². The summed E-state index contributed by atoms with van der Waals surface area (Å²) in [7, 11) is 0. The summed E-state index contributed by atoms with van der Waals surface area (Å²) < 4.78 is 5.76. The predicted octanol–water partition coefficient (Wildman–Crippen LogP) is 3.77. The third-order valence-electron chi connectivity index (χ3n) is 6.84. The molecule has 1 atom stereocenters. The van der Waals surface area contributed by atoms with Crippen molar-refractivity contribution in [3.05, 3.63) is 77.3 Å². The second kappa shape index (κ2) is 11.7. The summed E-state index contributed by atoms with van der Waals surface area (Å²) >= 11 is 6.28. The molecule has 1 aromatic heterocycles. The summed E-state index contributed by atoms with van der Waals surface area (Å²) in [6, 6.07) is 20.5. The van der Waals surface area contributed by atoms with Gasteiger partial charge in [-0.15, -0.1) is 10.2 Å². The third-order valence-corrected chi connectivity index (χ3v) is 7.17. The first-order chi connectivity index (χ1) is 18.1. The Labute approximate surface area is 221 Å². The number of piperazine rings is 1. The van der Waals surface area contributed by atoms with Crippen LogP contribution >= 0.6 is 11.6 Å². The highest BCUT2D eigenvalue weighted by atomic mass is 35.5. The standard InChI is InChI=1S/C28H30ClN5O3/c29-24-11-5-4-10-23(24)25-12-13-26(31-30-25)32-14-16-33(17-15-32)27(35)20-34(19-22-9-6-18-37-22)28(36)21-7-2-1-3-8-21/h1-5,7-8,10-13,22H,6,9,14-20H2/t22-/m0/s1. The third kappa shape index (κ3) is 6.09. The van der Waals surface area contributed by atoms with Crippen molar-refractivity contribution < 1.29 is 14.3 Å². The molecule has 2 fully saturated rings. The molecule has 3 aromatic rings. The van der Waals surface area contributed by atoms with Gasteiger partial charge in [0, 0.05) is 50.5 Å². The Kier molecular flexibility index (Phi) is 7.96. The molecule has 0 radical (unpaired) electrons. The van der Waals surface area contributed by atoms with Crippen molar-refractivity contribution in [2.24, 2.45) is 0 Å². The number of carbonyl (C=O) groups excluding carboxylic acids is 2. The number of aromatic nitrogens is 2. The van der Waals surface area contributed by atoms with E-state index in [9.17, 15) is 9.59 Å². The molecule has 5 rings (SSSR count). The first kappa shape index (κ1) is 25.2. The van der Waals surface area contributed by atoms with Crippen LogP contribution < -0.4 is 4.90 Å². The van der Waals surface area contributed by atoms with E-state index < -0.39 is 0 Å². The van der Waals surface area contributed by atoms with Gasteiger partial charge in [0.1, 0.15) is 6.54 Å². The fourth-order valence-corrected chi connectivity index (χ4v) is 5.00. The quantitative estimate of drug-likeness (QED) is 0.473. The van der Waals surface area contributed by atoms with Crippen LogP contribution in [0.5, 0.6) is 0 Å². The van der Waals surface area contributed by atoms with Gasteiger partial charge in [-0.3, -0.25) is 9.59 Å². The Morgan fingerprint density at radius 3 is 2.38 bits per heavy atom. The normalized spacial score (nSPS) is 17.6. The van der Waals surface area contributed by atoms with Crippen molar-refractivity contribution in [3.8, 4) is 11.3 Å². The van der Waals surface area contributed by atoms with E-state index in [1.54, 1.807) is 17.0 Å². The topological polar surface area (TPSA) is 78.9 Å². The summed E-state index contributed by atoms with van der Waals surface area (Å²) in [5, 5.41) is 9.40. The van der Waals surface area contributed by atoms with Gasteiger partial charge in [-0.25, -0.2) is 0 Å². The maximum atomic E-state index is 13.2. The number of ether oxygens (including phenoxy) is 1. The fraction of sp³-hybridized carbons (Fsp3) is 0.357. The Balaban J connectivity index is 1.19. The number of halogens is 1. The van der Waals surface area contributed by atoms with E-state index in [2.05, 4.69) is 15.1 Å². The summed E-state index contributed by atoms with van der Waals surface area (Å²) in [5.41, 5.74) is 2.14. The van der Waals surface area contributed by atoms with Gasteiger partial charge in [-0.1, -0.05) is 48.0 Å². The Bertz CT molecular complexity index is 1210. The number of nitrogens with zero attached hydrogens (tertiary/aromatic N) is 5. The van der Waals surface area contributed by atoms with Crippen molar-refractivity contribution in [1.29, 1.82) is 0 Å². The monoisotopic (exact) mass is 519 g/mol. The average Bonchev–Trinajstić information content (AvgIpc) is 3.46. The molecule has 8 nitrogen and oxygen atoms in total. The van der Waals surface area contributed by atoms with Crippen LogP contribution in [0.15, 0.2) is 66.7 Å². The van der Waals surface area contributed by atoms with Crippen LogP contribution in [0.2, 0.25) is 5.02 Å². The molecule has 192 valence electrons. The number of carbonyl (C=O) groups is 2. The van der Waals surface area contributed by atoms with Gasteiger partial charge in [0.05, 0.1) is 16.8 Å². The van der Waals surface area contributed by atoms with E-state index in [-0.39, 0.29) is 24.5 Å². The molecule has 9 heteroatoms. The van der Waals surface area contributed by atoms with E-state index in [1.807, 2.05) is 59.5 Å². The molecule has 2 saturated heterocycles. The molecule has 0 saturated carbocycles. The maximum absolute atomic E-state index is 13.2. The van der Waals surface area contributed by atoms with Gasteiger partial charge in [-0.2, -0.15) is 0 Å². The van der Waals surface area contributed by atoms with Crippen LogP contribution in [-0.4, -0.2) is 83.8 Å². The number of hydrogen-bond donors (Lipinski definition) is 0. The number of rotatable bonds is 7. The molecule has 0 spiro atoms. The Morgan fingerprint density at radius 2 is 1.70 bits per heavy atom. The van der Waals surface area contributed by atoms with E-state index in [4.69, 9.17) is 16.3 Å². The van der Waals surface area contributed by atoms with Gasteiger partial charge in [0.2, 0.25) is 5.91 Å². The zero-order chi connectivity index (χ0) is 25.6. The summed E-state index contributed by atoms with van der Waals surface area (Å²) in [6.07, 6.45) is 1.86. The summed E-state index contributed by atoms with van der Waals surface area (Å²) in [4.78, 5) is 32.0. The molecular weight excluding hydrogens is 490 g/mol. The number of benzene rings is 2. The molecular formula is C28H30ClN5O3. The van der Waals surface area contributed by atoms with Crippen LogP contribution in [0.1, 0.15) is 23.2 Å². The van der Waals surface area contributed by atoms with Crippen molar-refractivity contribution in [2.75, 3.05) is 50.8 Å². The average molecular weight is 520 g/mol. The Morgan fingerprint density at radius 1 is 0.946 bits per heavy atom. The first-order valence-electron chi connectivity index (χ1n) is 12.7. The van der Waals surface area contributed by atoms with Crippen LogP contribution in [0.4, 0.5) is 5.82 Å². The predicted molar refractivity (Wildman–Crippen MR) is 143 cm³/mol. The molecule has 0 bridgehead atoms. The van der Waals surface area contributed by atoms with Gasteiger partial charge in [0.15, 0.2) is 5.82 Å². The minimum atomic E-state index is -0.142. The summed E-state index contributed by atoms with van der Waals surface area (Å²) in [6.45, 7) is 3.57. The lowest BCUT2D eigenvalue weighted by atomic mass is 10.1. The van der Waals surface area contributed by atoms with E-state index >= 15 is 0 Å². The zero-order valence-corrected chi connectivity index (χ0v) is 21.4. The highest BCUT2D eigenvalue weighted by Gasteiger charge is 2.28. The first-order valence-corrected chi connectivity index (χ1v) is 13.0. The largest absolute Gasteiger partial charge is 0.376 e. The number of anilines is 1. The van der Waals surface area contributed by atoms with Crippen molar-refractivity contribution in [1.82, 2.24) is 20.0 Å². The molecule has 2 amide bonds. The molecule has 2 aliphatic heterocycles. The van der Waals surface area contributed by atoms with Crippen LogP contribution in [0.3, 0.4) is 0 Å². The molecule has 2 aliphatic rings. The lowest BCUT2D eigenvalue weighted by Crippen LogP contribution is -2.52. The minimum absolute atomic E-state index is 0.0235. The molecule has 2 aromatic carbocycles. The lowest BCUT2D eigenvalue weighted by molar-refractivity contribution is -0.132. The highest BCUT2D eigenvalue weighted by molar-refractivity contribution is 6.33. The van der Waals surface area contributed by atoms with E-state index in [0.717, 1.165) is 29.9 Å². The molecule has 0 N–H and O–H groups in total. The SMILES string of the molecule is O=C(CN(C[C@@H]1CCCO1)C(=O)c1ccccc1)N1CCN(c2ccc(-c3ccccc3Cl)nn2)CC1. The molecule has 37 heavy (non-hydrogen) atoms. The van der Waals surface area contributed by atoms with Crippen LogP contribution in [0, 0.1) is 0 Å². The second-order valence-corrected chi connectivity index (χ2v) is 9.72. The highest BCUT2D eigenvalue weighted by Crippen LogP contribution is 2.26. The van der Waals surface area contributed by atoms with E-state index in [1.165, 1.54) is 0 Å². The second-order valence-electron chi connectivity index (χ2n) is 9.31. The number of amides is 2.